The van der Waals surface area contributed by atoms with Crippen molar-refractivity contribution in [2.45, 2.75) is 58.9 Å². The summed E-state index contributed by atoms with van der Waals surface area (Å²) in [6.07, 6.45) is 5.56. The fourth-order valence-electron chi connectivity index (χ4n) is 3.41. The minimum absolute atomic E-state index is 0.298. The summed E-state index contributed by atoms with van der Waals surface area (Å²) in [4.78, 5) is 13.8. The van der Waals surface area contributed by atoms with Crippen molar-refractivity contribution in [2.75, 3.05) is 10.6 Å². The largest absolute Gasteiger partial charge is 0.332 e. The molecule has 7 heteroatoms. The zero-order valence-corrected chi connectivity index (χ0v) is 17.6. The molecule has 1 aromatic carbocycles. The number of anilines is 2. The van der Waals surface area contributed by atoms with E-state index in [0.29, 0.717) is 23.1 Å². The van der Waals surface area contributed by atoms with Crippen molar-refractivity contribution >= 4 is 34.9 Å². The van der Waals surface area contributed by atoms with E-state index in [1.54, 1.807) is 0 Å². The number of hydrogen-bond donors (Lipinski definition) is 3. The van der Waals surface area contributed by atoms with Crippen LogP contribution in [-0.4, -0.2) is 27.1 Å². The second-order valence-electron chi connectivity index (χ2n) is 7.11. The smallest absolute Gasteiger partial charge is 0.229 e. The van der Waals surface area contributed by atoms with Crippen molar-refractivity contribution in [1.82, 2.24) is 15.3 Å². The SMILES string of the molecule is CCc1ccccc1NC(=S)NC(=NC1CCCC1)Nc1nc(C)cc(C)n1. The maximum Gasteiger partial charge on any atom is 0.229 e. The number of guanidine groups is 1. The number of hydrogen-bond acceptors (Lipinski definition) is 4. The Kier molecular flexibility index (Phi) is 6.92. The molecule has 148 valence electrons. The summed E-state index contributed by atoms with van der Waals surface area (Å²) < 4.78 is 0. The molecule has 1 heterocycles. The zero-order chi connectivity index (χ0) is 19.9. The predicted octanol–water partition coefficient (Wildman–Crippen LogP) is 4.35. The average molecular weight is 397 g/mol. The van der Waals surface area contributed by atoms with Crippen LogP contribution >= 0.6 is 12.2 Å². The Bertz CT molecular complexity index is 837. The van der Waals surface area contributed by atoms with Crippen molar-refractivity contribution < 1.29 is 0 Å². The highest BCUT2D eigenvalue weighted by atomic mass is 32.1. The molecule has 3 N–H and O–H groups in total. The van der Waals surface area contributed by atoms with E-state index in [0.717, 1.165) is 36.3 Å². The number of aromatic nitrogens is 2. The third kappa shape index (κ3) is 5.73. The Labute approximate surface area is 172 Å². The van der Waals surface area contributed by atoms with Crippen LogP contribution < -0.4 is 16.0 Å². The van der Waals surface area contributed by atoms with E-state index in [1.807, 2.05) is 38.1 Å². The molecule has 1 fully saturated rings. The van der Waals surface area contributed by atoms with E-state index in [1.165, 1.54) is 18.4 Å². The van der Waals surface area contributed by atoms with Crippen molar-refractivity contribution in [1.29, 1.82) is 0 Å². The molecule has 0 spiro atoms. The van der Waals surface area contributed by atoms with E-state index in [4.69, 9.17) is 17.2 Å². The molecule has 2 aromatic rings. The number of thiocarbonyl (C=S) groups is 1. The highest BCUT2D eigenvalue weighted by Crippen LogP contribution is 2.21. The molecule has 6 nitrogen and oxygen atoms in total. The molecule has 0 amide bonds. The topological polar surface area (TPSA) is 74.2 Å². The third-order valence-electron chi connectivity index (χ3n) is 4.73. The van der Waals surface area contributed by atoms with Gasteiger partial charge in [-0.2, -0.15) is 0 Å². The molecule has 28 heavy (non-hydrogen) atoms. The van der Waals surface area contributed by atoms with Gasteiger partial charge in [-0.05, 0) is 63.0 Å². The maximum atomic E-state index is 5.54. The monoisotopic (exact) mass is 396 g/mol. The molecule has 3 rings (SSSR count). The summed E-state index contributed by atoms with van der Waals surface area (Å²) in [6, 6.07) is 10.4. The van der Waals surface area contributed by atoms with Crippen LogP contribution in [0.25, 0.3) is 0 Å². The van der Waals surface area contributed by atoms with Crippen LogP contribution in [0.15, 0.2) is 35.3 Å². The minimum Gasteiger partial charge on any atom is -0.332 e. The van der Waals surface area contributed by atoms with E-state index in [-0.39, 0.29) is 0 Å². The van der Waals surface area contributed by atoms with Gasteiger partial charge in [0.2, 0.25) is 11.9 Å². The molecule has 1 aliphatic rings. The number of rotatable bonds is 4. The number of para-hydroxylation sites is 1. The molecule has 0 radical (unpaired) electrons. The first-order valence-electron chi connectivity index (χ1n) is 9.86. The van der Waals surface area contributed by atoms with Gasteiger partial charge in [-0.1, -0.05) is 38.0 Å². The highest BCUT2D eigenvalue weighted by Gasteiger charge is 2.16. The molecular weight excluding hydrogens is 368 g/mol. The number of benzene rings is 1. The Morgan fingerprint density at radius 1 is 1.11 bits per heavy atom. The molecule has 1 saturated carbocycles. The number of nitrogens with one attached hydrogen (secondary N) is 3. The van der Waals surface area contributed by atoms with E-state index >= 15 is 0 Å². The lowest BCUT2D eigenvalue weighted by molar-refractivity contribution is 0.703. The van der Waals surface area contributed by atoms with Gasteiger partial charge < -0.3 is 10.6 Å². The average Bonchev–Trinajstić information content (AvgIpc) is 3.14. The van der Waals surface area contributed by atoms with Crippen LogP contribution in [0.2, 0.25) is 0 Å². The van der Waals surface area contributed by atoms with Gasteiger partial charge in [-0.15, -0.1) is 0 Å². The Morgan fingerprint density at radius 3 is 2.46 bits per heavy atom. The first-order chi connectivity index (χ1) is 13.5. The summed E-state index contributed by atoms with van der Waals surface area (Å²) in [5, 5.41) is 10.2. The lowest BCUT2D eigenvalue weighted by Crippen LogP contribution is -2.40. The molecular formula is C21H28N6S. The Hall–Kier alpha value is -2.54. The molecule has 0 unspecified atom stereocenters. The third-order valence-corrected chi connectivity index (χ3v) is 4.93. The number of nitrogens with zero attached hydrogens (tertiary/aromatic N) is 3. The first-order valence-corrected chi connectivity index (χ1v) is 10.3. The lowest BCUT2D eigenvalue weighted by atomic mass is 10.1. The fourth-order valence-corrected chi connectivity index (χ4v) is 3.62. The van der Waals surface area contributed by atoms with Crippen molar-refractivity contribution in [3.63, 3.8) is 0 Å². The van der Waals surface area contributed by atoms with Gasteiger partial charge >= 0.3 is 0 Å². The molecule has 0 aliphatic heterocycles. The van der Waals surface area contributed by atoms with Crippen LogP contribution in [0.5, 0.6) is 0 Å². The van der Waals surface area contributed by atoms with E-state index in [9.17, 15) is 0 Å². The van der Waals surface area contributed by atoms with Crippen LogP contribution in [0, 0.1) is 13.8 Å². The highest BCUT2D eigenvalue weighted by molar-refractivity contribution is 7.80. The summed E-state index contributed by atoms with van der Waals surface area (Å²) in [5.74, 6) is 1.11. The van der Waals surface area contributed by atoms with E-state index in [2.05, 4.69) is 38.9 Å². The second-order valence-corrected chi connectivity index (χ2v) is 7.51. The molecule has 1 aliphatic carbocycles. The Morgan fingerprint density at radius 2 is 1.79 bits per heavy atom. The van der Waals surface area contributed by atoms with Crippen LogP contribution in [0.4, 0.5) is 11.6 Å². The maximum absolute atomic E-state index is 5.54. The minimum atomic E-state index is 0.298. The van der Waals surface area contributed by atoms with Gasteiger partial charge in [0.05, 0.1) is 6.04 Å². The van der Waals surface area contributed by atoms with E-state index < -0.39 is 0 Å². The predicted molar refractivity (Wildman–Crippen MR) is 120 cm³/mol. The van der Waals surface area contributed by atoms with Crippen LogP contribution in [-0.2, 0) is 6.42 Å². The number of aliphatic imine (C=N–C) groups is 1. The van der Waals surface area contributed by atoms with Gasteiger partial charge in [0.1, 0.15) is 0 Å². The zero-order valence-electron chi connectivity index (χ0n) is 16.7. The Balaban J connectivity index is 1.75. The lowest BCUT2D eigenvalue weighted by Gasteiger charge is -2.17. The van der Waals surface area contributed by atoms with Crippen LogP contribution in [0.1, 0.15) is 49.6 Å². The molecule has 0 atom stereocenters. The van der Waals surface area contributed by atoms with Crippen molar-refractivity contribution in [3.8, 4) is 0 Å². The standard InChI is InChI=1S/C21H28N6S/c1-4-16-9-5-8-12-18(16)25-21(28)27-20(24-17-10-6-7-11-17)26-19-22-14(2)13-15(3)23-19/h5,8-9,12-13,17H,4,6-7,10-11H2,1-3H3,(H3,22,23,24,25,26,27,28). The first kappa shape index (κ1) is 20.2. The molecule has 0 bridgehead atoms. The number of aryl methyl sites for hydroxylation is 3. The normalized spacial score (nSPS) is 14.8. The van der Waals surface area contributed by atoms with Crippen molar-refractivity contribution in [2.24, 2.45) is 4.99 Å². The summed E-state index contributed by atoms with van der Waals surface area (Å²) in [5.41, 5.74) is 4.04. The molecule has 1 aromatic heterocycles. The van der Waals surface area contributed by atoms with Gasteiger partial charge in [-0.25, -0.2) is 15.0 Å². The van der Waals surface area contributed by atoms with Gasteiger partial charge in [0.25, 0.3) is 0 Å². The van der Waals surface area contributed by atoms with Crippen LogP contribution in [0.3, 0.4) is 0 Å². The summed E-state index contributed by atoms with van der Waals surface area (Å²) in [6.45, 7) is 6.03. The quantitative estimate of drug-likeness (QED) is 0.405. The summed E-state index contributed by atoms with van der Waals surface area (Å²) in [7, 11) is 0. The second kappa shape index (κ2) is 9.59. The van der Waals surface area contributed by atoms with Gasteiger partial charge in [0, 0.05) is 17.1 Å². The molecule has 0 saturated heterocycles. The summed E-state index contributed by atoms with van der Waals surface area (Å²) >= 11 is 5.54. The van der Waals surface area contributed by atoms with Crippen molar-refractivity contribution in [3.05, 3.63) is 47.3 Å². The van der Waals surface area contributed by atoms with Gasteiger partial charge in [-0.3, -0.25) is 5.32 Å². The van der Waals surface area contributed by atoms with Gasteiger partial charge in [0.15, 0.2) is 5.11 Å². The fraction of sp³-hybridized carbons (Fsp3) is 0.429.